The summed E-state index contributed by atoms with van der Waals surface area (Å²) in [4.78, 5) is 25.4. The largest absolute Gasteiger partial charge is 0.508 e. The highest BCUT2D eigenvalue weighted by Gasteiger charge is 2.18. The molecule has 0 atom stereocenters. The average molecular weight is 617 g/mol. The summed E-state index contributed by atoms with van der Waals surface area (Å²) < 4.78 is 12.8. The number of phenolic OH excluding ortho intramolecular Hbond substituents is 4. The standard InChI is InChI=1S/2C17H12N2O4/c2*1-23-15-8-14(21)16-12(13(15)9-18)6-7-19(17(16)22)10-2-4-11(20)5-3-10/h2*2-8,20-21H,1H3. The van der Waals surface area contributed by atoms with Crippen molar-refractivity contribution in [1.29, 1.82) is 10.5 Å². The predicted octanol–water partition coefficient (Wildman–Crippen LogP) is 4.56. The summed E-state index contributed by atoms with van der Waals surface area (Å²) >= 11 is 0. The molecule has 6 rings (SSSR count). The maximum absolute atomic E-state index is 12.7. The van der Waals surface area contributed by atoms with Gasteiger partial charge in [-0.3, -0.25) is 18.7 Å². The van der Waals surface area contributed by atoms with Gasteiger partial charge in [0.15, 0.2) is 0 Å². The fourth-order valence-electron chi connectivity index (χ4n) is 4.97. The summed E-state index contributed by atoms with van der Waals surface area (Å²) in [5, 5.41) is 58.3. The van der Waals surface area contributed by atoms with E-state index < -0.39 is 11.1 Å². The molecule has 0 aliphatic carbocycles. The van der Waals surface area contributed by atoms with Crippen LogP contribution in [0.2, 0.25) is 0 Å². The van der Waals surface area contributed by atoms with Gasteiger partial charge in [-0.1, -0.05) is 0 Å². The van der Waals surface area contributed by atoms with Crippen LogP contribution < -0.4 is 20.6 Å². The van der Waals surface area contributed by atoms with Crippen molar-refractivity contribution >= 4 is 21.5 Å². The molecule has 0 fully saturated rings. The van der Waals surface area contributed by atoms with Crippen LogP contribution in [0.1, 0.15) is 11.1 Å². The van der Waals surface area contributed by atoms with Crippen LogP contribution in [0.4, 0.5) is 0 Å². The van der Waals surface area contributed by atoms with Gasteiger partial charge in [-0.25, -0.2) is 0 Å². The molecule has 0 saturated carbocycles. The number of phenols is 4. The Balaban J connectivity index is 0.000000181. The van der Waals surface area contributed by atoms with E-state index in [-0.39, 0.29) is 56.4 Å². The molecule has 2 aromatic heterocycles. The van der Waals surface area contributed by atoms with Gasteiger partial charge in [-0.15, -0.1) is 0 Å². The van der Waals surface area contributed by atoms with Gasteiger partial charge in [0.1, 0.15) is 57.8 Å². The number of nitriles is 2. The van der Waals surface area contributed by atoms with Crippen LogP contribution >= 0.6 is 0 Å². The first-order chi connectivity index (χ1) is 22.1. The number of methoxy groups -OCH3 is 2. The summed E-state index contributed by atoms with van der Waals surface area (Å²) in [6.07, 6.45) is 3.02. The number of pyridine rings is 2. The number of hydrogen-bond acceptors (Lipinski definition) is 10. The summed E-state index contributed by atoms with van der Waals surface area (Å²) in [6.45, 7) is 0. The van der Waals surface area contributed by atoms with E-state index in [0.29, 0.717) is 22.1 Å². The van der Waals surface area contributed by atoms with Crippen molar-refractivity contribution in [2.45, 2.75) is 0 Å². The Labute approximate surface area is 260 Å². The third-order valence-electron chi connectivity index (χ3n) is 7.18. The Morgan fingerprint density at radius 1 is 0.587 bits per heavy atom. The lowest BCUT2D eigenvalue weighted by atomic mass is 10.0. The molecule has 228 valence electrons. The highest BCUT2D eigenvalue weighted by molar-refractivity contribution is 5.95. The highest BCUT2D eigenvalue weighted by atomic mass is 16.5. The van der Waals surface area contributed by atoms with Crippen LogP contribution in [-0.2, 0) is 0 Å². The highest BCUT2D eigenvalue weighted by Crippen LogP contribution is 2.34. The zero-order valence-corrected chi connectivity index (χ0v) is 24.3. The number of ether oxygens (including phenoxy) is 2. The quantitative estimate of drug-likeness (QED) is 0.218. The molecule has 6 aromatic rings. The van der Waals surface area contributed by atoms with Crippen LogP contribution in [0.15, 0.2) is 94.8 Å². The molecule has 12 heteroatoms. The Kier molecular flexibility index (Phi) is 8.21. The molecule has 4 N–H and O–H groups in total. The van der Waals surface area contributed by atoms with E-state index >= 15 is 0 Å². The van der Waals surface area contributed by atoms with Crippen molar-refractivity contribution in [1.82, 2.24) is 9.13 Å². The Morgan fingerprint density at radius 2 is 0.935 bits per heavy atom. The summed E-state index contributed by atoms with van der Waals surface area (Å²) in [5.74, 6) is 0.0744. The number of benzene rings is 4. The van der Waals surface area contributed by atoms with E-state index in [9.17, 15) is 40.5 Å². The lowest BCUT2D eigenvalue weighted by Gasteiger charge is -2.11. The molecular formula is C34H24N4O8. The number of rotatable bonds is 4. The van der Waals surface area contributed by atoms with E-state index in [4.69, 9.17) is 9.47 Å². The SMILES string of the molecule is COc1cc(O)c2c(=O)n(-c3ccc(O)cc3)ccc2c1C#N.COc1cc(O)c2c(=O)n(-c3ccc(O)cc3)ccc2c1C#N. The van der Waals surface area contributed by atoms with Crippen molar-refractivity contribution in [3.8, 4) is 58.0 Å². The third kappa shape index (κ3) is 5.34. The van der Waals surface area contributed by atoms with E-state index in [2.05, 4.69) is 0 Å². The number of aromatic nitrogens is 2. The van der Waals surface area contributed by atoms with Crippen molar-refractivity contribution in [3.63, 3.8) is 0 Å². The summed E-state index contributed by atoms with van der Waals surface area (Å²) in [6, 6.07) is 21.8. The van der Waals surface area contributed by atoms with Crippen LogP contribution in [0.25, 0.3) is 32.9 Å². The predicted molar refractivity (Wildman–Crippen MR) is 168 cm³/mol. The molecule has 2 heterocycles. The maximum atomic E-state index is 12.7. The fraction of sp³-hybridized carbons (Fsp3) is 0.0588. The smallest absolute Gasteiger partial charge is 0.266 e. The van der Waals surface area contributed by atoms with Crippen molar-refractivity contribution in [3.05, 3.63) is 117 Å². The molecule has 4 aromatic carbocycles. The van der Waals surface area contributed by atoms with Crippen molar-refractivity contribution in [2.24, 2.45) is 0 Å². The van der Waals surface area contributed by atoms with E-state index in [0.717, 1.165) is 0 Å². The maximum Gasteiger partial charge on any atom is 0.266 e. The van der Waals surface area contributed by atoms with E-state index in [1.807, 2.05) is 12.1 Å². The minimum absolute atomic E-state index is 0.0397. The van der Waals surface area contributed by atoms with Gasteiger partial charge >= 0.3 is 0 Å². The third-order valence-corrected chi connectivity index (χ3v) is 7.18. The minimum Gasteiger partial charge on any atom is -0.508 e. The van der Waals surface area contributed by atoms with E-state index in [1.165, 1.54) is 72.1 Å². The van der Waals surface area contributed by atoms with Crippen molar-refractivity contribution in [2.75, 3.05) is 14.2 Å². The van der Waals surface area contributed by atoms with E-state index in [1.54, 1.807) is 36.4 Å². The number of fused-ring (bicyclic) bond motifs is 2. The zero-order valence-electron chi connectivity index (χ0n) is 24.3. The summed E-state index contributed by atoms with van der Waals surface area (Å²) in [7, 11) is 2.78. The molecule has 0 radical (unpaired) electrons. The van der Waals surface area contributed by atoms with Gasteiger partial charge in [0.05, 0.1) is 25.0 Å². The number of hydrogen-bond donors (Lipinski definition) is 4. The van der Waals surface area contributed by atoms with Gasteiger partial charge in [0, 0.05) is 46.7 Å². The molecule has 0 aliphatic heterocycles. The minimum atomic E-state index is -0.468. The second-order valence-corrected chi connectivity index (χ2v) is 9.76. The molecule has 46 heavy (non-hydrogen) atoms. The Hall–Kier alpha value is -6.92. The number of aromatic hydroxyl groups is 4. The molecular weight excluding hydrogens is 592 g/mol. The lowest BCUT2D eigenvalue weighted by molar-refractivity contribution is 0.408. The molecule has 0 amide bonds. The topological polar surface area (TPSA) is 191 Å². The molecule has 0 bridgehead atoms. The van der Waals surface area contributed by atoms with Crippen LogP contribution in [0.5, 0.6) is 34.5 Å². The number of nitrogens with zero attached hydrogens (tertiary/aromatic N) is 4. The van der Waals surface area contributed by atoms with Gasteiger partial charge < -0.3 is 29.9 Å². The average Bonchev–Trinajstić information content (AvgIpc) is 3.06. The summed E-state index contributed by atoms with van der Waals surface area (Å²) in [5.41, 5.74) is 0.507. The normalized spacial score (nSPS) is 10.4. The lowest BCUT2D eigenvalue weighted by Crippen LogP contribution is -2.18. The first kappa shape index (κ1) is 30.5. The van der Waals surface area contributed by atoms with Gasteiger partial charge in [0.25, 0.3) is 11.1 Å². The molecule has 0 aliphatic rings. The van der Waals surface area contributed by atoms with Crippen molar-refractivity contribution < 1.29 is 29.9 Å². The van der Waals surface area contributed by atoms with Crippen LogP contribution in [-0.4, -0.2) is 43.8 Å². The van der Waals surface area contributed by atoms with Crippen LogP contribution in [0, 0.1) is 22.7 Å². The molecule has 0 spiro atoms. The van der Waals surface area contributed by atoms with Gasteiger partial charge in [-0.2, -0.15) is 10.5 Å². The van der Waals surface area contributed by atoms with Crippen LogP contribution in [0.3, 0.4) is 0 Å². The van der Waals surface area contributed by atoms with Gasteiger partial charge in [0.2, 0.25) is 0 Å². The second-order valence-electron chi connectivity index (χ2n) is 9.76. The van der Waals surface area contributed by atoms with Gasteiger partial charge in [-0.05, 0) is 60.7 Å². The fourth-order valence-corrected chi connectivity index (χ4v) is 4.97. The zero-order chi connectivity index (χ0) is 33.1. The first-order valence-corrected chi connectivity index (χ1v) is 13.4. The monoisotopic (exact) mass is 616 g/mol. The second kappa shape index (κ2) is 12.4. The first-order valence-electron chi connectivity index (χ1n) is 13.4. The Bertz CT molecular complexity index is 2160. The molecule has 0 saturated heterocycles. The molecule has 0 unspecified atom stereocenters. The Morgan fingerprint density at radius 3 is 1.24 bits per heavy atom. The molecule has 12 nitrogen and oxygen atoms in total.